The summed E-state index contributed by atoms with van der Waals surface area (Å²) in [7, 11) is 3.03. The fourth-order valence-corrected chi connectivity index (χ4v) is 4.54. The van der Waals surface area contributed by atoms with Gasteiger partial charge in [0.05, 0.1) is 25.9 Å². The zero-order valence-corrected chi connectivity index (χ0v) is 17.7. The zero-order valence-electron chi connectivity index (χ0n) is 17.7. The van der Waals surface area contributed by atoms with Gasteiger partial charge in [-0.2, -0.15) is 0 Å². The fraction of sp³-hybridized carbons (Fsp3) is 0.682. The lowest BCUT2D eigenvalue weighted by Crippen LogP contribution is -2.46. The van der Waals surface area contributed by atoms with E-state index in [0.717, 1.165) is 24.2 Å². The number of carbonyl (C=O) groups is 1. The van der Waals surface area contributed by atoms with Crippen molar-refractivity contribution in [2.24, 2.45) is 5.41 Å². The average molecular weight is 392 g/mol. The molecule has 1 amide bonds. The van der Waals surface area contributed by atoms with E-state index >= 15 is 0 Å². The summed E-state index contributed by atoms with van der Waals surface area (Å²) >= 11 is 0. The minimum Gasteiger partial charge on any atom is -0.493 e. The van der Waals surface area contributed by atoms with E-state index in [1.54, 1.807) is 25.9 Å². The first kappa shape index (κ1) is 20.8. The van der Waals surface area contributed by atoms with Gasteiger partial charge in [-0.25, -0.2) is 4.79 Å². The molecule has 1 saturated carbocycles. The topological polar surface area (TPSA) is 68.2 Å². The largest absolute Gasteiger partial charge is 0.493 e. The van der Waals surface area contributed by atoms with Crippen molar-refractivity contribution in [1.29, 1.82) is 0 Å². The van der Waals surface area contributed by atoms with E-state index in [9.17, 15) is 9.90 Å². The number of hydrogen-bond acceptors (Lipinski definition) is 5. The molecule has 1 saturated heterocycles. The first-order valence-corrected chi connectivity index (χ1v) is 10.1. The van der Waals surface area contributed by atoms with Crippen molar-refractivity contribution in [3.05, 3.63) is 23.8 Å². The zero-order chi connectivity index (χ0) is 20.5. The third-order valence-corrected chi connectivity index (χ3v) is 6.71. The van der Waals surface area contributed by atoms with Crippen LogP contribution in [0, 0.1) is 5.41 Å². The molecule has 1 aromatic carbocycles. The quantitative estimate of drug-likeness (QED) is 0.823. The van der Waals surface area contributed by atoms with Crippen LogP contribution in [0.1, 0.15) is 57.9 Å². The third kappa shape index (κ3) is 3.79. The number of amides is 1. The summed E-state index contributed by atoms with van der Waals surface area (Å²) in [5.74, 6) is 1.40. The van der Waals surface area contributed by atoms with Gasteiger partial charge in [-0.1, -0.05) is 13.0 Å². The second-order valence-corrected chi connectivity index (χ2v) is 8.81. The molecule has 6 nitrogen and oxygen atoms in total. The van der Waals surface area contributed by atoms with E-state index in [2.05, 4.69) is 0 Å². The van der Waals surface area contributed by atoms with Crippen LogP contribution in [0.2, 0.25) is 0 Å². The van der Waals surface area contributed by atoms with Crippen LogP contribution < -0.4 is 9.47 Å². The second-order valence-electron chi connectivity index (χ2n) is 8.81. The molecule has 2 fully saturated rings. The number of hydrogen-bond donors (Lipinski definition) is 1. The number of methoxy groups -OCH3 is 2. The summed E-state index contributed by atoms with van der Waals surface area (Å²) in [6.07, 6.45) is 4.37. The lowest BCUT2D eigenvalue weighted by molar-refractivity contribution is -0.0468. The van der Waals surface area contributed by atoms with Gasteiger partial charge >= 0.3 is 6.09 Å². The Hall–Kier alpha value is -1.95. The molecule has 28 heavy (non-hydrogen) atoms. The maximum absolute atomic E-state index is 12.2. The first-order chi connectivity index (χ1) is 13.2. The molecular weight excluding hydrogens is 358 g/mol. The highest BCUT2D eigenvalue weighted by atomic mass is 16.5. The predicted octanol–water partition coefficient (Wildman–Crippen LogP) is 3.96. The van der Waals surface area contributed by atoms with Gasteiger partial charge in [0.15, 0.2) is 11.5 Å². The number of likely N-dealkylation sites (tertiary alicyclic amines) is 1. The normalized spacial score (nSPS) is 25.8. The monoisotopic (exact) mass is 391 g/mol. The number of ether oxygens (including phenoxy) is 3. The number of benzene rings is 1. The minimum absolute atomic E-state index is 0.0524. The summed E-state index contributed by atoms with van der Waals surface area (Å²) in [6.45, 7) is 6.56. The molecule has 156 valence electrons. The van der Waals surface area contributed by atoms with Crippen LogP contribution in [-0.4, -0.2) is 55.1 Å². The average Bonchev–Trinajstić information content (AvgIpc) is 3.29. The molecule has 2 atom stereocenters. The van der Waals surface area contributed by atoms with Crippen LogP contribution in [0.3, 0.4) is 0 Å². The van der Waals surface area contributed by atoms with Gasteiger partial charge in [0.2, 0.25) is 0 Å². The van der Waals surface area contributed by atoms with Crippen molar-refractivity contribution in [2.45, 2.75) is 64.1 Å². The SMILES string of the molecule is COC(=O)N1CC(c2ccc(OC)c(OC3CCCC3)c2)[C@](C)(C(C)(C)O)C1. The highest BCUT2D eigenvalue weighted by molar-refractivity contribution is 5.68. The first-order valence-electron chi connectivity index (χ1n) is 10.1. The Labute approximate surface area is 167 Å². The summed E-state index contributed by atoms with van der Waals surface area (Å²) in [5.41, 5.74) is -0.474. The molecule has 6 heteroatoms. The molecule has 0 bridgehead atoms. The third-order valence-electron chi connectivity index (χ3n) is 6.71. The molecule has 1 unspecified atom stereocenters. The predicted molar refractivity (Wildman–Crippen MR) is 107 cm³/mol. The highest BCUT2D eigenvalue weighted by Gasteiger charge is 2.53. The molecule has 1 aromatic rings. The molecule has 1 aliphatic heterocycles. The molecule has 0 aromatic heterocycles. The highest BCUT2D eigenvalue weighted by Crippen LogP contribution is 2.50. The molecule has 0 radical (unpaired) electrons. The Balaban J connectivity index is 1.95. The lowest BCUT2D eigenvalue weighted by atomic mass is 9.66. The van der Waals surface area contributed by atoms with Crippen LogP contribution in [0.5, 0.6) is 11.5 Å². The van der Waals surface area contributed by atoms with Gasteiger partial charge in [-0.3, -0.25) is 0 Å². The van der Waals surface area contributed by atoms with Crippen molar-refractivity contribution < 1.29 is 24.1 Å². The van der Waals surface area contributed by atoms with Crippen molar-refractivity contribution >= 4 is 6.09 Å². The standard InChI is InChI=1S/C22H33NO5/c1-21(2,25)22(3)14-23(20(24)27-5)13-17(22)15-10-11-18(26-4)19(12-15)28-16-8-6-7-9-16/h10-12,16-17,25H,6-9,13-14H2,1-5H3/t17?,22-/m1/s1. The Morgan fingerprint density at radius 2 is 1.89 bits per heavy atom. The number of rotatable bonds is 5. The van der Waals surface area contributed by atoms with E-state index in [1.807, 2.05) is 25.1 Å². The van der Waals surface area contributed by atoms with Crippen LogP contribution in [0.25, 0.3) is 0 Å². The Morgan fingerprint density at radius 3 is 2.46 bits per heavy atom. The summed E-state index contributed by atoms with van der Waals surface area (Å²) in [6, 6.07) is 5.95. The summed E-state index contributed by atoms with van der Waals surface area (Å²) in [4.78, 5) is 13.9. The smallest absolute Gasteiger partial charge is 0.409 e. The number of carbonyl (C=O) groups excluding carboxylic acids is 1. The Morgan fingerprint density at radius 1 is 1.21 bits per heavy atom. The van der Waals surface area contributed by atoms with Crippen LogP contribution >= 0.6 is 0 Å². The van der Waals surface area contributed by atoms with Gasteiger partial charge in [-0.15, -0.1) is 0 Å². The Bertz CT molecular complexity index is 707. The molecule has 1 N–H and O–H groups in total. The van der Waals surface area contributed by atoms with E-state index in [4.69, 9.17) is 14.2 Å². The van der Waals surface area contributed by atoms with Gasteiger partial charge in [0.1, 0.15) is 0 Å². The molecule has 1 heterocycles. The lowest BCUT2D eigenvalue weighted by Gasteiger charge is -2.41. The molecular formula is C22H33NO5. The fourth-order valence-electron chi connectivity index (χ4n) is 4.54. The molecule has 2 aliphatic rings. The Kier molecular flexibility index (Phi) is 5.80. The van der Waals surface area contributed by atoms with E-state index in [-0.39, 0.29) is 18.1 Å². The van der Waals surface area contributed by atoms with Gasteiger partial charge in [0, 0.05) is 24.4 Å². The maximum atomic E-state index is 12.2. The van der Waals surface area contributed by atoms with Gasteiger partial charge in [-0.05, 0) is 57.2 Å². The van der Waals surface area contributed by atoms with Gasteiger partial charge in [0.25, 0.3) is 0 Å². The van der Waals surface area contributed by atoms with Gasteiger partial charge < -0.3 is 24.2 Å². The summed E-state index contributed by atoms with van der Waals surface area (Å²) < 4.78 is 16.7. The van der Waals surface area contributed by atoms with Crippen LogP contribution in [0.4, 0.5) is 4.79 Å². The van der Waals surface area contributed by atoms with Crippen molar-refractivity contribution in [1.82, 2.24) is 4.90 Å². The maximum Gasteiger partial charge on any atom is 0.409 e. The number of nitrogens with zero attached hydrogens (tertiary/aromatic N) is 1. The van der Waals surface area contributed by atoms with E-state index in [1.165, 1.54) is 20.0 Å². The van der Waals surface area contributed by atoms with Crippen molar-refractivity contribution in [2.75, 3.05) is 27.3 Å². The van der Waals surface area contributed by atoms with Crippen molar-refractivity contribution in [3.8, 4) is 11.5 Å². The minimum atomic E-state index is -0.979. The van der Waals surface area contributed by atoms with Crippen LogP contribution in [-0.2, 0) is 4.74 Å². The van der Waals surface area contributed by atoms with Crippen molar-refractivity contribution in [3.63, 3.8) is 0 Å². The molecule has 3 rings (SSSR count). The molecule has 1 aliphatic carbocycles. The molecule has 0 spiro atoms. The number of aliphatic hydroxyl groups is 1. The van der Waals surface area contributed by atoms with E-state index < -0.39 is 11.0 Å². The van der Waals surface area contributed by atoms with Crippen LogP contribution in [0.15, 0.2) is 18.2 Å². The summed E-state index contributed by atoms with van der Waals surface area (Å²) in [5, 5.41) is 10.9. The second kappa shape index (κ2) is 7.82. The van der Waals surface area contributed by atoms with E-state index in [0.29, 0.717) is 18.8 Å².